The van der Waals surface area contributed by atoms with E-state index >= 15 is 0 Å². The molecule has 2 rings (SSSR count). The van der Waals surface area contributed by atoms with Gasteiger partial charge in [0.25, 0.3) is 0 Å². The number of benzene rings is 1. The minimum atomic E-state index is -0.129. The van der Waals surface area contributed by atoms with Crippen LogP contribution in [0.5, 0.6) is 11.6 Å². The highest BCUT2D eigenvalue weighted by atomic mass is 16.5. The highest BCUT2D eigenvalue weighted by molar-refractivity contribution is 5.27. The van der Waals surface area contributed by atoms with Crippen molar-refractivity contribution in [1.29, 1.82) is 0 Å². The van der Waals surface area contributed by atoms with Crippen LogP contribution in [-0.2, 0) is 6.42 Å². The van der Waals surface area contributed by atoms with Gasteiger partial charge in [-0.2, -0.15) is 5.10 Å². The molecule has 1 unspecified atom stereocenters. The van der Waals surface area contributed by atoms with E-state index in [-0.39, 0.29) is 6.04 Å². The number of aromatic nitrogens is 2. The average molecular weight is 273 g/mol. The predicted octanol–water partition coefficient (Wildman–Crippen LogP) is 2.13. The lowest BCUT2D eigenvalue weighted by Crippen LogP contribution is -2.13. The minimum absolute atomic E-state index is 0.129. The Kier molecular flexibility index (Phi) is 4.90. The van der Waals surface area contributed by atoms with Gasteiger partial charge in [-0.25, -0.2) is 0 Å². The van der Waals surface area contributed by atoms with Crippen molar-refractivity contribution >= 4 is 0 Å². The molecular weight excluding hydrogens is 254 g/mol. The maximum Gasteiger partial charge on any atom is 0.233 e. The van der Waals surface area contributed by atoms with Crippen LogP contribution in [0.25, 0.3) is 0 Å². The third-order valence-corrected chi connectivity index (χ3v) is 3.15. The second-order valence-corrected chi connectivity index (χ2v) is 4.49. The molecule has 0 aliphatic carbocycles. The summed E-state index contributed by atoms with van der Waals surface area (Å²) < 4.78 is 10.1. The van der Waals surface area contributed by atoms with E-state index < -0.39 is 0 Å². The zero-order valence-corrected chi connectivity index (χ0v) is 11.7. The average Bonchev–Trinajstić information content (AvgIpc) is 2.53. The van der Waals surface area contributed by atoms with Gasteiger partial charge in [0, 0.05) is 12.1 Å². The number of nitrogens with two attached hydrogens (primary N) is 1. The van der Waals surface area contributed by atoms with Gasteiger partial charge in [0.15, 0.2) is 0 Å². The van der Waals surface area contributed by atoms with Crippen LogP contribution in [0.2, 0.25) is 0 Å². The zero-order valence-electron chi connectivity index (χ0n) is 11.7. The molecule has 20 heavy (non-hydrogen) atoms. The molecular formula is C15H19N3O2. The van der Waals surface area contributed by atoms with Crippen molar-refractivity contribution in [3.8, 4) is 11.6 Å². The molecule has 0 aliphatic heterocycles. The second kappa shape index (κ2) is 6.86. The summed E-state index contributed by atoms with van der Waals surface area (Å²) in [5.74, 6) is 1.36. The maximum atomic E-state index is 6.12. The Morgan fingerprint density at radius 1 is 1.00 bits per heavy atom. The first kappa shape index (κ1) is 14.3. The molecule has 0 aliphatic rings. The van der Waals surface area contributed by atoms with Gasteiger partial charge >= 0.3 is 0 Å². The molecule has 0 fully saturated rings. The minimum Gasteiger partial charge on any atom is -0.497 e. The molecule has 0 bridgehead atoms. The van der Waals surface area contributed by atoms with E-state index in [1.54, 1.807) is 20.3 Å². The van der Waals surface area contributed by atoms with Gasteiger partial charge in [-0.3, -0.25) is 0 Å². The number of aryl methyl sites for hydroxylation is 1. The molecule has 0 saturated carbocycles. The van der Waals surface area contributed by atoms with Crippen LogP contribution in [0.1, 0.15) is 23.7 Å². The van der Waals surface area contributed by atoms with Crippen LogP contribution in [0, 0.1) is 0 Å². The van der Waals surface area contributed by atoms with Crippen molar-refractivity contribution in [2.75, 3.05) is 14.2 Å². The van der Waals surface area contributed by atoms with E-state index in [0.717, 1.165) is 24.3 Å². The van der Waals surface area contributed by atoms with Crippen LogP contribution in [0.3, 0.4) is 0 Å². The van der Waals surface area contributed by atoms with Crippen molar-refractivity contribution in [1.82, 2.24) is 10.2 Å². The molecule has 2 N–H and O–H groups in total. The molecule has 0 radical (unpaired) electrons. The fourth-order valence-corrected chi connectivity index (χ4v) is 1.90. The Morgan fingerprint density at radius 2 is 1.75 bits per heavy atom. The van der Waals surface area contributed by atoms with Crippen molar-refractivity contribution in [2.24, 2.45) is 5.73 Å². The molecule has 5 nitrogen and oxygen atoms in total. The monoisotopic (exact) mass is 273 g/mol. The number of nitrogens with zero attached hydrogens (tertiary/aromatic N) is 2. The Hall–Kier alpha value is -2.14. The molecule has 5 heteroatoms. The predicted molar refractivity (Wildman–Crippen MR) is 76.8 cm³/mol. The van der Waals surface area contributed by atoms with E-state index in [0.29, 0.717) is 5.88 Å². The molecule has 1 heterocycles. The van der Waals surface area contributed by atoms with Gasteiger partial charge in [-0.1, -0.05) is 12.1 Å². The highest BCUT2D eigenvalue weighted by Gasteiger charge is 2.09. The highest BCUT2D eigenvalue weighted by Crippen LogP contribution is 2.17. The number of ether oxygens (including phenoxy) is 2. The Bertz CT molecular complexity index is 526. The second-order valence-electron chi connectivity index (χ2n) is 4.49. The summed E-state index contributed by atoms with van der Waals surface area (Å²) in [6.07, 6.45) is 1.70. The van der Waals surface area contributed by atoms with Gasteiger partial charge in [0.2, 0.25) is 5.88 Å². The third kappa shape index (κ3) is 3.68. The first-order valence-corrected chi connectivity index (χ1v) is 6.49. The lowest BCUT2D eigenvalue weighted by molar-refractivity contribution is 0.390. The Balaban J connectivity index is 1.91. The quantitative estimate of drug-likeness (QED) is 0.873. The smallest absolute Gasteiger partial charge is 0.233 e. The molecule has 0 amide bonds. The maximum absolute atomic E-state index is 6.12. The molecule has 1 aromatic heterocycles. The van der Waals surface area contributed by atoms with Crippen molar-refractivity contribution in [3.05, 3.63) is 47.7 Å². The summed E-state index contributed by atoms with van der Waals surface area (Å²) in [6.45, 7) is 0. The first-order valence-electron chi connectivity index (χ1n) is 6.49. The van der Waals surface area contributed by atoms with Crippen LogP contribution in [-0.4, -0.2) is 24.4 Å². The number of methoxy groups -OCH3 is 2. The summed E-state index contributed by atoms with van der Waals surface area (Å²) in [7, 11) is 3.22. The fourth-order valence-electron chi connectivity index (χ4n) is 1.90. The SMILES string of the molecule is COc1ccc(CCC(N)c2ccc(OC)nn2)cc1. The standard InChI is InChI=1S/C15H19N3O2/c1-19-12-6-3-11(4-7-12)5-8-13(16)14-9-10-15(20-2)18-17-14/h3-4,6-7,9-10,13H,5,8,16H2,1-2H3. The van der Waals surface area contributed by atoms with E-state index in [9.17, 15) is 0 Å². The van der Waals surface area contributed by atoms with Crippen LogP contribution < -0.4 is 15.2 Å². The van der Waals surface area contributed by atoms with Crippen molar-refractivity contribution in [2.45, 2.75) is 18.9 Å². The van der Waals surface area contributed by atoms with Gasteiger partial charge in [0.1, 0.15) is 5.75 Å². The van der Waals surface area contributed by atoms with E-state index in [2.05, 4.69) is 10.2 Å². The topological polar surface area (TPSA) is 70.3 Å². The lowest BCUT2D eigenvalue weighted by Gasteiger charge is -2.11. The largest absolute Gasteiger partial charge is 0.497 e. The van der Waals surface area contributed by atoms with Crippen molar-refractivity contribution < 1.29 is 9.47 Å². The summed E-state index contributed by atoms with van der Waals surface area (Å²) in [4.78, 5) is 0. The van der Waals surface area contributed by atoms with Crippen LogP contribution in [0.4, 0.5) is 0 Å². The molecule has 0 spiro atoms. The van der Waals surface area contributed by atoms with Gasteiger partial charge < -0.3 is 15.2 Å². The fraction of sp³-hybridized carbons (Fsp3) is 0.333. The number of rotatable bonds is 6. The lowest BCUT2D eigenvalue weighted by atomic mass is 10.0. The summed E-state index contributed by atoms with van der Waals surface area (Å²) >= 11 is 0. The molecule has 0 saturated heterocycles. The summed E-state index contributed by atoms with van der Waals surface area (Å²) in [5, 5.41) is 8.00. The Labute approximate surface area is 118 Å². The molecule has 1 atom stereocenters. The third-order valence-electron chi connectivity index (χ3n) is 3.15. The number of hydrogen-bond acceptors (Lipinski definition) is 5. The van der Waals surface area contributed by atoms with E-state index in [1.807, 2.05) is 30.3 Å². The van der Waals surface area contributed by atoms with E-state index in [1.165, 1.54) is 5.56 Å². The summed E-state index contributed by atoms with van der Waals surface area (Å²) in [5.41, 5.74) is 8.12. The molecule has 2 aromatic rings. The zero-order chi connectivity index (χ0) is 14.4. The Morgan fingerprint density at radius 3 is 2.30 bits per heavy atom. The normalized spacial score (nSPS) is 11.9. The molecule has 1 aromatic carbocycles. The van der Waals surface area contributed by atoms with Crippen LogP contribution in [0.15, 0.2) is 36.4 Å². The molecule has 106 valence electrons. The van der Waals surface area contributed by atoms with E-state index in [4.69, 9.17) is 15.2 Å². The van der Waals surface area contributed by atoms with Gasteiger partial charge in [-0.15, -0.1) is 5.10 Å². The van der Waals surface area contributed by atoms with Gasteiger partial charge in [-0.05, 0) is 36.6 Å². The van der Waals surface area contributed by atoms with Gasteiger partial charge in [0.05, 0.1) is 19.9 Å². The number of hydrogen-bond donors (Lipinski definition) is 1. The van der Waals surface area contributed by atoms with Crippen molar-refractivity contribution in [3.63, 3.8) is 0 Å². The van der Waals surface area contributed by atoms with Crippen LogP contribution >= 0.6 is 0 Å². The summed E-state index contributed by atoms with van der Waals surface area (Å²) in [6, 6.07) is 11.5. The first-order chi connectivity index (χ1) is 9.72.